The number of rotatable bonds is 8. The van der Waals surface area contributed by atoms with E-state index < -0.39 is 0 Å². The van der Waals surface area contributed by atoms with E-state index in [4.69, 9.17) is 16.3 Å². The van der Waals surface area contributed by atoms with Crippen molar-refractivity contribution in [2.45, 2.75) is 23.5 Å². The Bertz CT molecular complexity index is 1040. The normalized spacial score (nSPS) is 11.5. The van der Waals surface area contributed by atoms with E-state index in [-0.39, 0.29) is 23.5 Å². The van der Waals surface area contributed by atoms with Crippen LogP contribution in [0.5, 0.6) is 5.75 Å². The third kappa shape index (κ3) is 7.05. The fourth-order valence-corrected chi connectivity index (χ4v) is 3.87. The highest BCUT2D eigenvalue weighted by Crippen LogP contribution is 2.27. The number of carbonyl (C=O) groups excluding carboxylic acids is 2. The Morgan fingerprint density at radius 1 is 0.968 bits per heavy atom. The van der Waals surface area contributed by atoms with Gasteiger partial charge in [-0.25, -0.2) is 0 Å². The molecule has 31 heavy (non-hydrogen) atoms. The molecule has 0 aliphatic carbocycles. The fourth-order valence-electron chi connectivity index (χ4n) is 2.82. The molecule has 3 rings (SSSR count). The van der Waals surface area contributed by atoms with Gasteiger partial charge in [0, 0.05) is 21.3 Å². The predicted molar refractivity (Wildman–Crippen MR) is 127 cm³/mol. The zero-order chi connectivity index (χ0) is 22.2. The lowest BCUT2D eigenvalue weighted by atomic mass is 10.1. The van der Waals surface area contributed by atoms with E-state index in [2.05, 4.69) is 10.6 Å². The van der Waals surface area contributed by atoms with Crippen LogP contribution in [-0.4, -0.2) is 24.2 Å². The summed E-state index contributed by atoms with van der Waals surface area (Å²) in [5.41, 5.74) is 2.28. The Hall–Kier alpha value is -2.96. The lowest BCUT2D eigenvalue weighted by Gasteiger charge is -2.13. The molecular formula is C24H23ClN2O3S. The second kappa shape index (κ2) is 10.9. The van der Waals surface area contributed by atoms with Crippen molar-refractivity contribution >= 4 is 46.6 Å². The van der Waals surface area contributed by atoms with Gasteiger partial charge in [0.1, 0.15) is 5.75 Å². The molecule has 0 bridgehead atoms. The second-order valence-electron chi connectivity index (χ2n) is 6.86. The summed E-state index contributed by atoms with van der Waals surface area (Å²) in [5.74, 6) is 0.512. The van der Waals surface area contributed by atoms with Gasteiger partial charge in [0.25, 0.3) is 0 Å². The average molecular weight is 455 g/mol. The summed E-state index contributed by atoms with van der Waals surface area (Å²) in [4.78, 5) is 25.7. The number of benzene rings is 3. The molecule has 0 radical (unpaired) electrons. The lowest BCUT2D eigenvalue weighted by molar-refractivity contribution is -0.116. The van der Waals surface area contributed by atoms with E-state index in [9.17, 15) is 9.59 Å². The highest BCUT2D eigenvalue weighted by Gasteiger charge is 2.15. The van der Waals surface area contributed by atoms with Crippen LogP contribution < -0.4 is 15.4 Å². The summed E-state index contributed by atoms with van der Waals surface area (Å²) in [5, 5.41) is 6.12. The van der Waals surface area contributed by atoms with Crippen LogP contribution in [0.2, 0.25) is 5.02 Å². The van der Waals surface area contributed by atoms with E-state index in [1.54, 1.807) is 43.5 Å². The monoisotopic (exact) mass is 454 g/mol. The Kier molecular flexibility index (Phi) is 7.98. The molecule has 0 saturated heterocycles. The number of carbonyl (C=O) groups is 2. The maximum Gasteiger partial charge on any atom is 0.237 e. The molecule has 5 nitrogen and oxygen atoms in total. The number of ether oxygens (including phenoxy) is 1. The fraction of sp³-hybridized carbons (Fsp3) is 0.167. The Labute approximate surface area is 191 Å². The van der Waals surface area contributed by atoms with Crippen LogP contribution in [0.4, 0.5) is 11.4 Å². The quantitative estimate of drug-likeness (QED) is 0.431. The van der Waals surface area contributed by atoms with Crippen molar-refractivity contribution in [3.05, 3.63) is 83.4 Å². The third-order valence-corrected chi connectivity index (χ3v) is 5.78. The van der Waals surface area contributed by atoms with Gasteiger partial charge in [0.15, 0.2) is 0 Å². The van der Waals surface area contributed by atoms with Gasteiger partial charge in [-0.05, 0) is 67.1 Å². The average Bonchev–Trinajstić information content (AvgIpc) is 2.76. The molecule has 2 N–H and O–H groups in total. The molecule has 0 heterocycles. The van der Waals surface area contributed by atoms with E-state index in [0.29, 0.717) is 16.4 Å². The smallest absolute Gasteiger partial charge is 0.237 e. The van der Waals surface area contributed by atoms with E-state index >= 15 is 0 Å². The Morgan fingerprint density at radius 2 is 1.68 bits per heavy atom. The van der Waals surface area contributed by atoms with Crippen LogP contribution >= 0.6 is 23.4 Å². The van der Waals surface area contributed by atoms with Crippen molar-refractivity contribution in [2.75, 3.05) is 17.7 Å². The Morgan fingerprint density at radius 3 is 2.35 bits per heavy atom. The summed E-state index contributed by atoms with van der Waals surface area (Å²) in [6.45, 7) is 1.84. The zero-order valence-electron chi connectivity index (χ0n) is 17.2. The van der Waals surface area contributed by atoms with Crippen molar-refractivity contribution in [2.24, 2.45) is 0 Å². The summed E-state index contributed by atoms with van der Waals surface area (Å²) >= 11 is 7.30. The van der Waals surface area contributed by atoms with Crippen molar-refractivity contribution in [1.82, 2.24) is 0 Å². The molecule has 160 valence electrons. The first-order valence-electron chi connectivity index (χ1n) is 9.69. The number of hydrogen-bond donors (Lipinski definition) is 2. The minimum Gasteiger partial charge on any atom is -0.497 e. The summed E-state index contributed by atoms with van der Waals surface area (Å²) in [7, 11) is 1.60. The third-order valence-electron chi connectivity index (χ3n) is 4.44. The SMILES string of the molecule is COc1ccc(NC(=O)C(C)Sc2cccc(NC(=O)Cc3ccc(Cl)cc3)c2)cc1. The molecule has 1 atom stereocenters. The first-order chi connectivity index (χ1) is 14.9. The first kappa shape index (κ1) is 22.7. The van der Waals surface area contributed by atoms with Gasteiger partial charge in [-0.15, -0.1) is 11.8 Å². The number of nitrogens with one attached hydrogen (secondary N) is 2. The highest BCUT2D eigenvalue weighted by molar-refractivity contribution is 8.00. The Balaban J connectivity index is 1.55. The number of anilines is 2. The molecule has 0 saturated carbocycles. The van der Waals surface area contributed by atoms with Gasteiger partial charge in [-0.1, -0.05) is 29.8 Å². The molecule has 3 aromatic carbocycles. The maximum atomic E-state index is 12.5. The number of amides is 2. The summed E-state index contributed by atoms with van der Waals surface area (Å²) < 4.78 is 5.13. The second-order valence-corrected chi connectivity index (χ2v) is 8.71. The van der Waals surface area contributed by atoms with Crippen LogP contribution in [0.3, 0.4) is 0 Å². The highest BCUT2D eigenvalue weighted by atomic mass is 35.5. The van der Waals surface area contributed by atoms with Gasteiger partial charge in [-0.3, -0.25) is 9.59 Å². The van der Waals surface area contributed by atoms with Gasteiger partial charge >= 0.3 is 0 Å². The zero-order valence-corrected chi connectivity index (χ0v) is 18.8. The van der Waals surface area contributed by atoms with E-state index in [0.717, 1.165) is 16.2 Å². The molecule has 0 aliphatic rings. The van der Waals surface area contributed by atoms with E-state index in [1.807, 2.05) is 43.3 Å². The van der Waals surface area contributed by atoms with Crippen LogP contribution in [-0.2, 0) is 16.0 Å². The minimum atomic E-state index is -0.317. The molecule has 0 aromatic heterocycles. The van der Waals surface area contributed by atoms with Crippen LogP contribution in [0.25, 0.3) is 0 Å². The van der Waals surface area contributed by atoms with Gasteiger partial charge in [0.2, 0.25) is 11.8 Å². The topological polar surface area (TPSA) is 67.4 Å². The van der Waals surface area contributed by atoms with Crippen LogP contribution in [0.1, 0.15) is 12.5 Å². The van der Waals surface area contributed by atoms with E-state index in [1.165, 1.54) is 11.8 Å². The van der Waals surface area contributed by atoms with Crippen LogP contribution in [0.15, 0.2) is 77.7 Å². The summed E-state index contributed by atoms with van der Waals surface area (Å²) in [6, 6.07) is 21.8. The van der Waals surface area contributed by atoms with Crippen molar-refractivity contribution in [3.8, 4) is 5.75 Å². The predicted octanol–water partition coefficient (Wildman–Crippen LogP) is 5.65. The van der Waals surface area contributed by atoms with Crippen molar-refractivity contribution in [3.63, 3.8) is 0 Å². The molecule has 7 heteroatoms. The molecular weight excluding hydrogens is 432 g/mol. The number of thioether (sulfide) groups is 1. The summed E-state index contributed by atoms with van der Waals surface area (Å²) in [6.07, 6.45) is 0.259. The minimum absolute atomic E-state index is 0.104. The van der Waals surface area contributed by atoms with Gasteiger partial charge in [0.05, 0.1) is 18.8 Å². The lowest BCUT2D eigenvalue weighted by Crippen LogP contribution is -2.22. The molecule has 3 aromatic rings. The number of halogens is 1. The number of hydrogen-bond acceptors (Lipinski definition) is 4. The molecule has 2 amide bonds. The molecule has 0 spiro atoms. The van der Waals surface area contributed by atoms with Crippen molar-refractivity contribution < 1.29 is 14.3 Å². The standard InChI is InChI=1S/C24H23ClN2O3S/c1-16(24(29)27-19-10-12-21(30-2)13-11-19)31-22-5-3-4-20(15-22)26-23(28)14-17-6-8-18(25)9-7-17/h3-13,15-16H,14H2,1-2H3,(H,26,28)(H,27,29). The molecule has 0 aliphatic heterocycles. The van der Waals surface area contributed by atoms with Gasteiger partial charge in [-0.2, -0.15) is 0 Å². The maximum absolute atomic E-state index is 12.5. The van der Waals surface area contributed by atoms with Crippen molar-refractivity contribution in [1.29, 1.82) is 0 Å². The molecule has 1 unspecified atom stereocenters. The van der Waals surface area contributed by atoms with Gasteiger partial charge < -0.3 is 15.4 Å². The van der Waals surface area contributed by atoms with Crippen LogP contribution in [0, 0.1) is 0 Å². The molecule has 0 fully saturated rings. The first-order valence-corrected chi connectivity index (χ1v) is 10.9. The number of methoxy groups -OCH3 is 1. The largest absolute Gasteiger partial charge is 0.497 e.